The number of fused-ring (bicyclic) bond motifs is 2. The molecule has 7 heteroatoms. The van der Waals surface area contributed by atoms with Crippen molar-refractivity contribution in [1.82, 2.24) is 24.5 Å². The summed E-state index contributed by atoms with van der Waals surface area (Å²) in [6.45, 7) is 4.87. The molecule has 0 aromatic carbocycles. The first-order valence-electron chi connectivity index (χ1n) is 10.2. The van der Waals surface area contributed by atoms with Crippen LogP contribution in [0.1, 0.15) is 48.3 Å². The lowest BCUT2D eigenvalue weighted by atomic mass is 10.1. The zero-order chi connectivity index (χ0) is 18.2. The van der Waals surface area contributed by atoms with Crippen molar-refractivity contribution < 1.29 is 4.74 Å². The van der Waals surface area contributed by atoms with Gasteiger partial charge in [0.15, 0.2) is 0 Å². The van der Waals surface area contributed by atoms with Crippen molar-refractivity contribution in [3.05, 3.63) is 45.1 Å². The summed E-state index contributed by atoms with van der Waals surface area (Å²) in [6.07, 6.45) is 6.74. The Balaban J connectivity index is 1.31. The van der Waals surface area contributed by atoms with E-state index in [0.29, 0.717) is 25.8 Å². The SMILES string of the molecule is O=c1cc2c(nn1CC1CCCN1Cc1cc3n(n1)CCCC3)CCOC2. The molecule has 1 unspecified atom stereocenters. The van der Waals surface area contributed by atoms with Crippen LogP contribution in [0.3, 0.4) is 0 Å². The summed E-state index contributed by atoms with van der Waals surface area (Å²) in [5.74, 6) is 0. The summed E-state index contributed by atoms with van der Waals surface area (Å²) >= 11 is 0. The van der Waals surface area contributed by atoms with Gasteiger partial charge in [0.1, 0.15) is 0 Å². The smallest absolute Gasteiger partial charge is 0.267 e. The van der Waals surface area contributed by atoms with E-state index in [2.05, 4.69) is 20.7 Å². The number of rotatable bonds is 4. The fourth-order valence-corrected chi connectivity index (χ4v) is 4.66. The van der Waals surface area contributed by atoms with Crippen molar-refractivity contribution in [3.8, 4) is 0 Å². The van der Waals surface area contributed by atoms with E-state index in [9.17, 15) is 4.79 Å². The third kappa shape index (κ3) is 3.46. The van der Waals surface area contributed by atoms with Gasteiger partial charge in [-0.25, -0.2) is 4.68 Å². The number of hydrogen-bond acceptors (Lipinski definition) is 5. The van der Waals surface area contributed by atoms with Gasteiger partial charge in [-0.3, -0.25) is 14.4 Å². The number of nitrogens with zero attached hydrogens (tertiary/aromatic N) is 5. The molecule has 1 saturated heterocycles. The molecule has 3 aliphatic heterocycles. The summed E-state index contributed by atoms with van der Waals surface area (Å²) in [7, 11) is 0. The molecule has 7 nitrogen and oxygen atoms in total. The van der Waals surface area contributed by atoms with E-state index < -0.39 is 0 Å². The highest BCUT2D eigenvalue weighted by atomic mass is 16.5. The van der Waals surface area contributed by atoms with Crippen LogP contribution in [0, 0.1) is 0 Å². The maximum absolute atomic E-state index is 12.5. The summed E-state index contributed by atoms with van der Waals surface area (Å²) < 4.78 is 9.29. The Morgan fingerprint density at radius 2 is 2.07 bits per heavy atom. The molecule has 144 valence electrons. The summed E-state index contributed by atoms with van der Waals surface area (Å²) in [5, 5.41) is 9.46. The number of hydrogen-bond donors (Lipinski definition) is 0. The topological polar surface area (TPSA) is 65.2 Å². The van der Waals surface area contributed by atoms with Crippen molar-refractivity contribution >= 4 is 0 Å². The molecule has 5 rings (SSSR count). The second kappa shape index (κ2) is 7.20. The summed E-state index contributed by atoms with van der Waals surface area (Å²) in [5.41, 5.74) is 4.51. The Labute approximate surface area is 158 Å². The van der Waals surface area contributed by atoms with Gasteiger partial charge in [-0.15, -0.1) is 0 Å². The Morgan fingerprint density at radius 1 is 1.11 bits per heavy atom. The molecule has 2 aromatic heterocycles. The highest BCUT2D eigenvalue weighted by molar-refractivity contribution is 5.19. The normalized spacial score (nSPS) is 22.6. The molecular formula is C20H27N5O2. The Kier molecular flexibility index (Phi) is 4.57. The lowest BCUT2D eigenvalue weighted by Gasteiger charge is -2.24. The minimum Gasteiger partial charge on any atom is -0.376 e. The van der Waals surface area contributed by atoms with Crippen LogP contribution >= 0.6 is 0 Å². The predicted octanol–water partition coefficient (Wildman–Crippen LogP) is 1.51. The van der Waals surface area contributed by atoms with Gasteiger partial charge in [0.2, 0.25) is 0 Å². The Morgan fingerprint density at radius 3 is 3.00 bits per heavy atom. The standard InChI is InChI=1S/C20H27N5O2/c26-20-10-15-14-27-9-6-19(15)22-25(20)13-18-5-3-7-23(18)12-16-11-17-4-1-2-8-24(17)21-16/h10-11,18H,1-9,12-14H2. The van der Waals surface area contributed by atoms with Gasteiger partial charge in [0.05, 0.1) is 31.1 Å². The zero-order valence-corrected chi connectivity index (χ0v) is 15.8. The molecule has 1 atom stereocenters. The van der Waals surface area contributed by atoms with Crippen LogP contribution in [0.5, 0.6) is 0 Å². The monoisotopic (exact) mass is 369 g/mol. The molecule has 0 saturated carbocycles. The molecule has 2 aromatic rings. The first-order valence-corrected chi connectivity index (χ1v) is 10.2. The number of likely N-dealkylation sites (tertiary alicyclic amines) is 1. The average molecular weight is 369 g/mol. The van der Waals surface area contributed by atoms with E-state index in [1.807, 2.05) is 0 Å². The van der Waals surface area contributed by atoms with E-state index in [4.69, 9.17) is 9.84 Å². The minimum absolute atomic E-state index is 0.0106. The van der Waals surface area contributed by atoms with Gasteiger partial charge in [0.25, 0.3) is 5.56 Å². The highest BCUT2D eigenvalue weighted by Gasteiger charge is 2.27. The van der Waals surface area contributed by atoms with Crippen molar-refractivity contribution in [1.29, 1.82) is 0 Å². The molecule has 0 bridgehead atoms. The molecule has 0 amide bonds. The second-order valence-corrected chi connectivity index (χ2v) is 8.01. The van der Waals surface area contributed by atoms with E-state index in [1.165, 1.54) is 30.7 Å². The van der Waals surface area contributed by atoms with Crippen LogP contribution in [0.2, 0.25) is 0 Å². The van der Waals surface area contributed by atoms with Crippen molar-refractivity contribution in [2.75, 3.05) is 13.2 Å². The van der Waals surface area contributed by atoms with Gasteiger partial charge >= 0.3 is 0 Å². The molecule has 0 N–H and O–H groups in total. The van der Waals surface area contributed by atoms with E-state index in [1.54, 1.807) is 10.7 Å². The van der Waals surface area contributed by atoms with E-state index >= 15 is 0 Å². The Hall–Kier alpha value is -1.99. The molecule has 27 heavy (non-hydrogen) atoms. The van der Waals surface area contributed by atoms with E-state index in [0.717, 1.165) is 50.2 Å². The van der Waals surface area contributed by atoms with Crippen LogP contribution in [-0.2, 0) is 43.8 Å². The van der Waals surface area contributed by atoms with Crippen LogP contribution in [0.4, 0.5) is 0 Å². The zero-order valence-electron chi connectivity index (χ0n) is 15.8. The van der Waals surface area contributed by atoms with E-state index in [-0.39, 0.29) is 5.56 Å². The van der Waals surface area contributed by atoms with Gasteiger partial charge < -0.3 is 4.74 Å². The van der Waals surface area contributed by atoms with Crippen molar-refractivity contribution in [2.45, 2.75) is 70.8 Å². The maximum Gasteiger partial charge on any atom is 0.267 e. The molecule has 3 aliphatic rings. The van der Waals surface area contributed by atoms with Crippen molar-refractivity contribution in [3.63, 3.8) is 0 Å². The first-order chi connectivity index (χ1) is 13.3. The molecule has 1 fully saturated rings. The largest absolute Gasteiger partial charge is 0.376 e. The number of aromatic nitrogens is 4. The van der Waals surface area contributed by atoms with Crippen LogP contribution in [-0.4, -0.2) is 43.7 Å². The number of ether oxygens (including phenoxy) is 1. The van der Waals surface area contributed by atoms with Gasteiger partial charge in [-0.05, 0) is 44.7 Å². The van der Waals surface area contributed by atoms with Gasteiger partial charge in [-0.2, -0.15) is 10.2 Å². The Bertz CT molecular complexity index is 863. The quantitative estimate of drug-likeness (QED) is 0.817. The maximum atomic E-state index is 12.5. The molecule has 5 heterocycles. The molecule has 0 spiro atoms. The predicted molar refractivity (Wildman–Crippen MR) is 100 cm³/mol. The highest BCUT2D eigenvalue weighted by Crippen LogP contribution is 2.23. The molecule has 0 radical (unpaired) electrons. The third-order valence-electron chi connectivity index (χ3n) is 6.12. The van der Waals surface area contributed by atoms with Crippen LogP contribution in [0.25, 0.3) is 0 Å². The summed E-state index contributed by atoms with van der Waals surface area (Å²) in [6, 6.07) is 4.34. The molecule has 0 aliphatic carbocycles. The van der Waals surface area contributed by atoms with Gasteiger partial charge in [0, 0.05) is 42.9 Å². The van der Waals surface area contributed by atoms with Crippen molar-refractivity contribution in [2.24, 2.45) is 0 Å². The lowest BCUT2D eigenvalue weighted by Crippen LogP contribution is -2.37. The fourth-order valence-electron chi connectivity index (χ4n) is 4.66. The minimum atomic E-state index is -0.0106. The fraction of sp³-hybridized carbons (Fsp3) is 0.650. The summed E-state index contributed by atoms with van der Waals surface area (Å²) in [4.78, 5) is 15.0. The lowest BCUT2D eigenvalue weighted by molar-refractivity contribution is 0.107. The molecular weight excluding hydrogens is 342 g/mol. The third-order valence-corrected chi connectivity index (χ3v) is 6.12. The number of aryl methyl sites for hydroxylation is 2. The van der Waals surface area contributed by atoms with Crippen LogP contribution in [0.15, 0.2) is 16.9 Å². The average Bonchev–Trinajstić information content (AvgIpc) is 3.29. The van der Waals surface area contributed by atoms with Crippen LogP contribution < -0.4 is 5.56 Å². The first kappa shape index (κ1) is 17.1. The van der Waals surface area contributed by atoms with Gasteiger partial charge in [-0.1, -0.05) is 0 Å². The second-order valence-electron chi connectivity index (χ2n) is 8.01.